The number of carbonyl (C=O) groups is 1. The molecule has 3 heteroatoms. The molecule has 0 aliphatic carbocycles. The number of amides is 1. The topological polar surface area (TPSA) is 55.1 Å². The van der Waals surface area contributed by atoms with Crippen molar-refractivity contribution in [1.82, 2.24) is 5.32 Å². The van der Waals surface area contributed by atoms with Gasteiger partial charge in [-0.3, -0.25) is 4.79 Å². The van der Waals surface area contributed by atoms with Crippen molar-refractivity contribution >= 4 is 5.91 Å². The summed E-state index contributed by atoms with van der Waals surface area (Å²) in [6.45, 7) is 6.07. The molecule has 0 heterocycles. The molecule has 0 aromatic heterocycles. The Morgan fingerprint density at radius 2 is 2.08 bits per heavy atom. The molecule has 0 aliphatic heterocycles. The van der Waals surface area contributed by atoms with Crippen molar-refractivity contribution in [3.8, 4) is 12.3 Å². The summed E-state index contributed by atoms with van der Waals surface area (Å²) in [7, 11) is 0. The number of nitrogens with two attached hydrogens (primary N) is 1. The molecule has 0 radical (unpaired) electrons. The first kappa shape index (κ1) is 12.0. The van der Waals surface area contributed by atoms with Gasteiger partial charge in [0, 0.05) is 6.54 Å². The van der Waals surface area contributed by atoms with Gasteiger partial charge in [0.15, 0.2) is 0 Å². The lowest BCUT2D eigenvalue weighted by Crippen LogP contribution is -2.41. The molecule has 3 N–H and O–H groups in total. The van der Waals surface area contributed by atoms with Crippen LogP contribution in [0.1, 0.15) is 20.8 Å². The summed E-state index contributed by atoms with van der Waals surface area (Å²) in [5.74, 6) is 2.49. The van der Waals surface area contributed by atoms with Crippen LogP contribution in [-0.2, 0) is 4.79 Å². The van der Waals surface area contributed by atoms with Crippen molar-refractivity contribution in [2.45, 2.75) is 26.8 Å². The predicted molar refractivity (Wildman–Crippen MR) is 53.8 cm³/mol. The van der Waals surface area contributed by atoms with Crippen LogP contribution in [0.4, 0.5) is 0 Å². The Labute approximate surface area is 80.1 Å². The molecule has 0 aliphatic rings. The van der Waals surface area contributed by atoms with Crippen molar-refractivity contribution in [3.05, 3.63) is 0 Å². The largest absolute Gasteiger partial charge is 0.342 e. The first-order chi connectivity index (χ1) is 6.02. The molecule has 13 heavy (non-hydrogen) atoms. The molecule has 74 valence electrons. The number of carbonyl (C=O) groups excluding carboxylic acids is 1. The molecule has 0 rings (SSSR count). The van der Waals surface area contributed by atoms with Crippen LogP contribution in [0.25, 0.3) is 0 Å². The number of rotatable bonds is 4. The Morgan fingerprint density at radius 1 is 1.54 bits per heavy atom. The van der Waals surface area contributed by atoms with Crippen LogP contribution in [0, 0.1) is 24.2 Å². The Morgan fingerprint density at radius 3 is 2.38 bits per heavy atom. The first-order valence-electron chi connectivity index (χ1n) is 4.49. The molecule has 0 fully saturated rings. The second kappa shape index (κ2) is 5.60. The molecule has 0 aromatic carbocycles. The van der Waals surface area contributed by atoms with Crippen molar-refractivity contribution in [1.29, 1.82) is 0 Å². The third-order valence-electron chi connectivity index (χ3n) is 2.00. The van der Waals surface area contributed by atoms with E-state index in [0.29, 0.717) is 6.54 Å². The smallest absolute Gasteiger partial charge is 0.225 e. The van der Waals surface area contributed by atoms with Gasteiger partial charge in [-0.05, 0) is 12.8 Å². The van der Waals surface area contributed by atoms with E-state index in [4.69, 9.17) is 12.2 Å². The van der Waals surface area contributed by atoms with Crippen molar-refractivity contribution in [2.24, 2.45) is 17.6 Å². The lowest BCUT2D eigenvalue weighted by molar-refractivity contribution is -0.126. The molecule has 2 unspecified atom stereocenters. The highest BCUT2D eigenvalue weighted by Crippen LogP contribution is 2.08. The van der Waals surface area contributed by atoms with Gasteiger partial charge < -0.3 is 11.1 Å². The number of terminal acetylenes is 1. The van der Waals surface area contributed by atoms with Crippen LogP contribution in [-0.4, -0.2) is 18.5 Å². The van der Waals surface area contributed by atoms with E-state index in [2.05, 4.69) is 11.2 Å². The molecule has 0 bridgehead atoms. The maximum absolute atomic E-state index is 11.5. The van der Waals surface area contributed by atoms with Gasteiger partial charge in [0.25, 0.3) is 0 Å². The molecule has 0 saturated carbocycles. The van der Waals surface area contributed by atoms with Gasteiger partial charge in [0.05, 0.1) is 12.0 Å². The first-order valence-corrected chi connectivity index (χ1v) is 4.49. The van der Waals surface area contributed by atoms with E-state index >= 15 is 0 Å². The SMILES string of the molecule is C#CC(C)NC(=O)C(CN)C(C)C. The van der Waals surface area contributed by atoms with E-state index in [9.17, 15) is 4.79 Å². The minimum absolute atomic E-state index is 0.0528. The molecular weight excluding hydrogens is 164 g/mol. The Hall–Kier alpha value is -1.01. The second-order valence-corrected chi connectivity index (χ2v) is 3.48. The minimum atomic E-state index is -0.222. The molecule has 3 nitrogen and oxygen atoms in total. The average Bonchev–Trinajstić information content (AvgIpc) is 2.04. The van der Waals surface area contributed by atoms with Gasteiger partial charge in [0.2, 0.25) is 5.91 Å². The minimum Gasteiger partial charge on any atom is -0.342 e. The van der Waals surface area contributed by atoms with Crippen molar-refractivity contribution < 1.29 is 4.79 Å². The van der Waals surface area contributed by atoms with E-state index in [0.717, 1.165) is 0 Å². The Kier molecular flexibility index (Phi) is 5.17. The maximum atomic E-state index is 11.5. The third kappa shape index (κ3) is 3.95. The van der Waals surface area contributed by atoms with Crippen molar-refractivity contribution in [2.75, 3.05) is 6.54 Å². The van der Waals surface area contributed by atoms with Gasteiger partial charge in [0.1, 0.15) is 0 Å². The standard InChI is InChI=1S/C10H18N2O/c1-5-8(4)12-10(13)9(6-11)7(2)3/h1,7-9H,6,11H2,2-4H3,(H,12,13). The van der Waals surface area contributed by atoms with Gasteiger partial charge in [-0.15, -0.1) is 6.42 Å². The van der Waals surface area contributed by atoms with Gasteiger partial charge in [-0.1, -0.05) is 19.8 Å². The fourth-order valence-corrected chi connectivity index (χ4v) is 1.04. The zero-order valence-corrected chi connectivity index (χ0v) is 8.50. The number of nitrogens with one attached hydrogen (secondary N) is 1. The fraction of sp³-hybridized carbons (Fsp3) is 0.700. The molecular formula is C10H18N2O. The van der Waals surface area contributed by atoms with Gasteiger partial charge >= 0.3 is 0 Å². The highest BCUT2D eigenvalue weighted by atomic mass is 16.1. The van der Waals surface area contributed by atoms with E-state index in [1.165, 1.54) is 0 Å². The van der Waals surface area contributed by atoms with Gasteiger partial charge in [-0.25, -0.2) is 0 Å². The molecule has 1 amide bonds. The summed E-state index contributed by atoms with van der Waals surface area (Å²) < 4.78 is 0. The van der Waals surface area contributed by atoms with E-state index in [1.54, 1.807) is 6.92 Å². The highest BCUT2D eigenvalue weighted by molar-refractivity contribution is 5.79. The third-order valence-corrected chi connectivity index (χ3v) is 2.00. The number of hydrogen-bond donors (Lipinski definition) is 2. The van der Waals surface area contributed by atoms with Crippen LogP contribution in [0.5, 0.6) is 0 Å². The normalized spacial score (nSPS) is 14.8. The van der Waals surface area contributed by atoms with Crippen LogP contribution in [0.15, 0.2) is 0 Å². The van der Waals surface area contributed by atoms with Crippen LogP contribution >= 0.6 is 0 Å². The second-order valence-electron chi connectivity index (χ2n) is 3.48. The van der Waals surface area contributed by atoms with Crippen LogP contribution in [0.2, 0.25) is 0 Å². The fourth-order valence-electron chi connectivity index (χ4n) is 1.04. The molecule has 0 aromatic rings. The summed E-state index contributed by atoms with van der Waals surface area (Å²) in [5.41, 5.74) is 5.48. The van der Waals surface area contributed by atoms with Crippen LogP contribution in [0.3, 0.4) is 0 Å². The summed E-state index contributed by atoms with van der Waals surface area (Å²) in [5, 5.41) is 2.71. The highest BCUT2D eigenvalue weighted by Gasteiger charge is 2.20. The predicted octanol–water partition coefficient (Wildman–Crippen LogP) is 0.355. The zero-order chi connectivity index (χ0) is 10.4. The Balaban J connectivity index is 4.16. The molecule has 2 atom stereocenters. The quantitative estimate of drug-likeness (QED) is 0.617. The lowest BCUT2D eigenvalue weighted by Gasteiger charge is -2.19. The summed E-state index contributed by atoms with van der Waals surface area (Å²) >= 11 is 0. The van der Waals surface area contributed by atoms with Crippen LogP contribution < -0.4 is 11.1 Å². The average molecular weight is 182 g/mol. The summed E-state index contributed by atoms with van der Waals surface area (Å²) in [4.78, 5) is 11.5. The summed E-state index contributed by atoms with van der Waals surface area (Å²) in [6, 6.07) is -0.222. The van der Waals surface area contributed by atoms with E-state index < -0.39 is 0 Å². The maximum Gasteiger partial charge on any atom is 0.225 e. The van der Waals surface area contributed by atoms with Crippen molar-refractivity contribution in [3.63, 3.8) is 0 Å². The Bertz CT molecular complexity index is 205. The van der Waals surface area contributed by atoms with E-state index in [-0.39, 0.29) is 23.8 Å². The monoisotopic (exact) mass is 182 g/mol. The van der Waals surface area contributed by atoms with E-state index in [1.807, 2.05) is 13.8 Å². The molecule has 0 saturated heterocycles. The lowest BCUT2D eigenvalue weighted by atomic mass is 9.95. The number of hydrogen-bond acceptors (Lipinski definition) is 2. The molecule has 0 spiro atoms. The zero-order valence-electron chi connectivity index (χ0n) is 8.50. The summed E-state index contributed by atoms with van der Waals surface area (Å²) in [6.07, 6.45) is 5.14. The van der Waals surface area contributed by atoms with Gasteiger partial charge in [-0.2, -0.15) is 0 Å².